The van der Waals surface area contributed by atoms with Crippen molar-refractivity contribution in [2.75, 3.05) is 6.61 Å². The second-order valence-electron chi connectivity index (χ2n) is 11.8. The summed E-state index contributed by atoms with van der Waals surface area (Å²) in [6, 6.07) is 23.7. The van der Waals surface area contributed by atoms with Gasteiger partial charge in [0.05, 0.1) is 10.9 Å². The van der Waals surface area contributed by atoms with E-state index in [0.29, 0.717) is 24.2 Å². The third-order valence-electron chi connectivity index (χ3n) is 7.61. The molecule has 2 atom stereocenters. The summed E-state index contributed by atoms with van der Waals surface area (Å²) < 4.78 is 36.1. The molecule has 0 aliphatic rings. The number of hydrogen-bond donors (Lipinski definition) is 2. The fraction of sp³-hybridized carbons (Fsp3) is 0.394. The van der Waals surface area contributed by atoms with Crippen LogP contribution in [0.3, 0.4) is 0 Å². The van der Waals surface area contributed by atoms with Gasteiger partial charge in [0.1, 0.15) is 0 Å². The van der Waals surface area contributed by atoms with Crippen LogP contribution in [0.5, 0.6) is 0 Å². The molecule has 3 aromatic carbocycles. The van der Waals surface area contributed by atoms with Crippen molar-refractivity contribution in [1.82, 2.24) is 4.72 Å². The van der Waals surface area contributed by atoms with Crippen molar-refractivity contribution in [3.63, 3.8) is 0 Å². The average Bonchev–Trinajstić information content (AvgIpc) is 2.91. The number of unbranched alkanes of at least 4 members (excludes halogenated alkanes) is 2. The topological polar surface area (TPSA) is 75.6 Å². The van der Waals surface area contributed by atoms with E-state index in [0.717, 1.165) is 18.4 Å². The summed E-state index contributed by atoms with van der Waals surface area (Å²) in [6.07, 6.45) is 2.24. The van der Waals surface area contributed by atoms with Crippen LogP contribution in [0.4, 0.5) is 0 Å². The Bertz CT molecular complexity index is 1390. The third-order valence-corrected chi connectivity index (χ3v) is 13.6. The van der Waals surface area contributed by atoms with Gasteiger partial charge in [0.25, 0.3) is 0 Å². The molecule has 0 aliphatic carbocycles. The highest BCUT2D eigenvalue weighted by molar-refractivity contribution is 7.89. The van der Waals surface area contributed by atoms with E-state index in [4.69, 9.17) is 4.43 Å². The summed E-state index contributed by atoms with van der Waals surface area (Å²) in [7, 11) is -5.77. The van der Waals surface area contributed by atoms with Crippen LogP contribution in [0.1, 0.15) is 62.8 Å². The van der Waals surface area contributed by atoms with Gasteiger partial charge < -0.3 is 9.53 Å². The van der Waals surface area contributed by atoms with Gasteiger partial charge in [0.2, 0.25) is 10.0 Å². The second kappa shape index (κ2) is 13.3. The summed E-state index contributed by atoms with van der Waals surface area (Å²) >= 11 is 0. The minimum absolute atomic E-state index is 0.129. The fourth-order valence-corrected chi connectivity index (χ4v) is 6.38. The molecule has 0 heterocycles. The van der Waals surface area contributed by atoms with E-state index >= 15 is 0 Å². The van der Waals surface area contributed by atoms with Crippen LogP contribution < -0.4 is 4.72 Å². The molecule has 2 N–H and O–H groups in total. The molecule has 214 valence electrons. The minimum Gasteiger partial charge on any atom is -0.417 e. The standard InChI is InChI=1S/C33H43NO4SSi/c1-27-21-23-30(24-22-27)39(36,37)34-31(28-17-11-9-12-18-28)33(35,29-19-13-10-14-20-29)25-15-7-8-16-26-38-40(5,6)32(2,3)4/h9-14,17-24,31,34-35H,7-8,16,26H2,1-6H3/t31?,33-/m1/s1. The van der Waals surface area contributed by atoms with E-state index < -0.39 is 30.0 Å². The van der Waals surface area contributed by atoms with Crippen molar-refractivity contribution >= 4 is 18.3 Å². The van der Waals surface area contributed by atoms with Crippen LogP contribution in [-0.4, -0.2) is 28.4 Å². The van der Waals surface area contributed by atoms with Gasteiger partial charge in [-0.2, -0.15) is 4.72 Å². The number of hydrogen-bond acceptors (Lipinski definition) is 4. The fourth-order valence-electron chi connectivity index (χ4n) is 4.04. The lowest BCUT2D eigenvalue weighted by Gasteiger charge is -2.36. The zero-order chi connectivity index (χ0) is 29.4. The summed E-state index contributed by atoms with van der Waals surface area (Å²) in [4.78, 5) is 0.129. The van der Waals surface area contributed by atoms with Crippen molar-refractivity contribution in [1.29, 1.82) is 0 Å². The minimum atomic E-state index is -3.97. The van der Waals surface area contributed by atoms with Crippen molar-refractivity contribution < 1.29 is 18.0 Å². The zero-order valence-electron chi connectivity index (χ0n) is 24.6. The molecule has 0 aliphatic heterocycles. The predicted octanol–water partition coefficient (Wildman–Crippen LogP) is 7.10. The highest BCUT2D eigenvalue weighted by Crippen LogP contribution is 2.37. The predicted molar refractivity (Wildman–Crippen MR) is 166 cm³/mol. The van der Waals surface area contributed by atoms with Gasteiger partial charge in [0, 0.05) is 13.0 Å². The van der Waals surface area contributed by atoms with E-state index in [1.807, 2.05) is 43.3 Å². The average molecular weight is 578 g/mol. The molecule has 5 nitrogen and oxygen atoms in total. The van der Waals surface area contributed by atoms with Crippen molar-refractivity contribution in [3.05, 3.63) is 102 Å². The van der Waals surface area contributed by atoms with Gasteiger partial charge in [-0.25, -0.2) is 8.42 Å². The Morgan fingerprint density at radius 2 is 1.48 bits per heavy atom. The molecular weight excluding hydrogens is 535 g/mol. The Kier molecular flexibility index (Phi) is 10.6. The van der Waals surface area contributed by atoms with Crippen LogP contribution in [0.25, 0.3) is 0 Å². The Hall–Kier alpha value is -2.73. The maximum atomic E-state index is 13.5. The molecule has 1 unspecified atom stereocenters. The molecule has 0 fully saturated rings. The lowest BCUT2D eigenvalue weighted by Crippen LogP contribution is -2.43. The largest absolute Gasteiger partial charge is 0.417 e. The quantitative estimate of drug-likeness (QED) is 0.145. The lowest BCUT2D eigenvalue weighted by molar-refractivity contribution is 0.0634. The molecule has 3 rings (SSSR count). The van der Waals surface area contributed by atoms with E-state index in [-0.39, 0.29) is 9.93 Å². The van der Waals surface area contributed by atoms with E-state index in [1.54, 1.807) is 48.5 Å². The molecule has 0 aromatic heterocycles. The van der Waals surface area contributed by atoms with Gasteiger partial charge >= 0.3 is 0 Å². The zero-order valence-corrected chi connectivity index (χ0v) is 26.4. The molecule has 7 heteroatoms. The highest BCUT2D eigenvalue weighted by atomic mass is 32.2. The first kappa shape index (κ1) is 31.8. The first-order valence-corrected chi connectivity index (χ1v) is 18.2. The van der Waals surface area contributed by atoms with Crippen molar-refractivity contribution in [2.45, 2.75) is 81.6 Å². The second-order valence-corrected chi connectivity index (χ2v) is 18.3. The number of rotatable bonds is 11. The molecule has 3 aromatic rings. The number of sulfonamides is 1. The molecule has 0 bridgehead atoms. The molecule has 0 spiro atoms. The normalized spacial score (nSPS) is 14.6. The monoisotopic (exact) mass is 577 g/mol. The van der Waals surface area contributed by atoms with Crippen LogP contribution >= 0.6 is 0 Å². The summed E-state index contributed by atoms with van der Waals surface area (Å²) in [5.41, 5.74) is 0.281. The highest BCUT2D eigenvalue weighted by Gasteiger charge is 2.41. The van der Waals surface area contributed by atoms with E-state index in [9.17, 15) is 13.5 Å². The van der Waals surface area contributed by atoms with E-state index in [1.165, 1.54) is 0 Å². The molecule has 0 saturated carbocycles. The molecule has 0 radical (unpaired) electrons. The van der Waals surface area contributed by atoms with Gasteiger partial charge in [-0.1, -0.05) is 111 Å². The SMILES string of the molecule is Cc1ccc(S(=O)(=O)NC(c2ccccc2)[C@@](O)(C#CCCCCO[Si](C)(C)C(C)(C)C)c2ccccc2)cc1. The Morgan fingerprint density at radius 1 is 0.900 bits per heavy atom. The number of aliphatic hydroxyl groups is 1. The maximum absolute atomic E-state index is 13.5. The number of benzene rings is 3. The smallest absolute Gasteiger partial charge is 0.241 e. The Balaban J connectivity index is 1.89. The van der Waals surface area contributed by atoms with Crippen molar-refractivity contribution in [3.8, 4) is 11.8 Å². The molecule has 0 saturated heterocycles. The van der Waals surface area contributed by atoms with E-state index in [2.05, 4.69) is 50.4 Å². The lowest BCUT2D eigenvalue weighted by atomic mass is 9.83. The van der Waals surface area contributed by atoms with Crippen molar-refractivity contribution in [2.24, 2.45) is 0 Å². The number of aryl methyl sites for hydroxylation is 1. The summed E-state index contributed by atoms with van der Waals surface area (Å²) in [5.74, 6) is 6.23. The van der Waals surface area contributed by atoms with Crippen LogP contribution in [-0.2, 0) is 20.1 Å². The maximum Gasteiger partial charge on any atom is 0.241 e. The van der Waals surface area contributed by atoms with Gasteiger partial charge in [0.15, 0.2) is 13.9 Å². The summed E-state index contributed by atoms with van der Waals surface area (Å²) in [5, 5.41) is 12.4. The third kappa shape index (κ3) is 8.15. The molecular formula is C33H43NO4SSi. The number of nitrogens with one attached hydrogen (secondary N) is 1. The van der Waals surface area contributed by atoms with Crippen LogP contribution in [0.2, 0.25) is 18.1 Å². The Morgan fingerprint density at radius 3 is 2.05 bits per heavy atom. The van der Waals surface area contributed by atoms with Crippen LogP contribution in [0, 0.1) is 18.8 Å². The van der Waals surface area contributed by atoms with Gasteiger partial charge in [-0.3, -0.25) is 0 Å². The first-order chi connectivity index (χ1) is 18.8. The first-order valence-electron chi connectivity index (χ1n) is 13.8. The van der Waals surface area contributed by atoms with Gasteiger partial charge in [-0.15, -0.1) is 0 Å². The Labute approximate surface area is 242 Å². The molecule has 40 heavy (non-hydrogen) atoms. The molecule has 0 amide bonds. The summed E-state index contributed by atoms with van der Waals surface area (Å²) in [6.45, 7) is 13.8. The van der Waals surface area contributed by atoms with Crippen LogP contribution in [0.15, 0.2) is 89.8 Å². The van der Waals surface area contributed by atoms with Gasteiger partial charge in [-0.05, 0) is 61.2 Å².